The average molecular weight is 544 g/mol. The summed E-state index contributed by atoms with van der Waals surface area (Å²) in [6.07, 6.45) is 6.46. The van der Waals surface area contributed by atoms with Crippen LogP contribution in [-0.2, 0) is 16.7 Å². The Kier molecular flexibility index (Phi) is 8.14. The number of nitrogens with one attached hydrogen (secondary N) is 1. The van der Waals surface area contributed by atoms with Gasteiger partial charge in [0.1, 0.15) is 6.10 Å². The molecule has 6 atom stereocenters. The number of benzene rings is 1. The fraction of sp³-hybridized carbons (Fsp3) is 0.630. The summed E-state index contributed by atoms with van der Waals surface area (Å²) in [5.74, 6) is -1.28. The molecule has 4 N–H and O–H groups in total. The van der Waals surface area contributed by atoms with Gasteiger partial charge in [0.15, 0.2) is 5.83 Å². The van der Waals surface area contributed by atoms with Crippen LogP contribution in [0.4, 0.5) is 18.9 Å². The lowest BCUT2D eigenvalue weighted by atomic mass is 9.47. The zero-order valence-electron chi connectivity index (χ0n) is 21.0. The van der Waals surface area contributed by atoms with Crippen LogP contribution in [0.25, 0.3) is 0 Å². The molecule has 0 spiro atoms. The summed E-state index contributed by atoms with van der Waals surface area (Å²) in [6, 6.07) is 5.40. The van der Waals surface area contributed by atoms with Crippen LogP contribution in [0.3, 0.4) is 0 Å². The molecule has 0 bridgehead atoms. The summed E-state index contributed by atoms with van der Waals surface area (Å²) in [4.78, 5) is 0. The van der Waals surface area contributed by atoms with Crippen molar-refractivity contribution in [1.82, 2.24) is 0 Å². The number of aliphatic hydroxyl groups excluding tert-OH is 2. The minimum Gasteiger partial charge on any atom is -0.393 e. The Hall–Kier alpha value is -1.88. The number of aryl methyl sites for hydroxylation is 1. The van der Waals surface area contributed by atoms with Crippen molar-refractivity contribution in [2.75, 3.05) is 4.72 Å². The maximum Gasteiger partial charge on any atom is 0.357 e. The van der Waals surface area contributed by atoms with E-state index in [1.165, 1.54) is 5.56 Å². The minimum absolute atomic E-state index is 0.0645. The standard InChI is InChI=1S/C27H36F3NO5S/c1-26-14-12-20-19-8-7-18(31-37(34,35)36)16-17(19)11-15-27(20,22(26)9-10-23(26)33)13-5-3-2-4-6-21(32)24(28)25(29)30/h5,7-8,13,16,20-23,31-33H,2-4,6,9-12,14-15H2,1H3,(H,34,35,36)/t20?,21?,22?,23-,26-,27?/m0/s1. The molecule has 3 aliphatic carbocycles. The SMILES string of the molecule is C[C@]12CCC3c4ccc(NS(=O)(=O)O)cc4CCC3(C=CCCCCC(O)C(F)=C(F)F)C1CC[C@@H]2O. The molecule has 10 heteroatoms. The Morgan fingerprint density at radius 3 is 2.65 bits per heavy atom. The molecule has 6 nitrogen and oxygen atoms in total. The minimum atomic E-state index is -4.36. The molecule has 0 amide bonds. The molecule has 4 rings (SSSR count). The van der Waals surface area contributed by atoms with Gasteiger partial charge in [-0.2, -0.15) is 17.2 Å². The topological polar surface area (TPSA) is 107 Å². The van der Waals surface area contributed by atoms with E-state index in [9.17, 15) is 31.8 Å². The second kappa shape index (κ2) is 10.7. The number of fused-ring (bicyclic) bond motifs is 5. The van der Waals surface area contributed by atoms with E-state index >= 15 is 0 Å². The normalized spacial score (nSPS) is 31.9. The van der Waals surface area contributed by atoms with Crippen molar-refractivity contribution in [2.24, 2.45) is 16.7 Å². The second-order valence-corrected chi connectivity index (χ2v) is 12.3. The lowest BCUT2D eigenvalue weighted by Gasteiger charge is -2.57. The molecule has 2 fully saturated rings. The van der Waals surface area contributed by atoms with Gasteiger partial charge >= 0.3 is 16.4 Å². The summed E-state index contributed by atoms with van der Waals surface area (Å²) in [7, 11) is -4.36. The Morgan fingerprint density at radius 2 is 1.95 bits per heavy atom. The van der Waals surface area contributed by atoms with Crippen LogP contribution in [0.1, 0.15) is 81.8 Å². The molecule has 1 aromatic carbocycles. The molecule has 2 saturated carbocycles. The summed E-state index contributed by atoms with van der Waals surface area (Å²) < 4.78 is 71.6. The first kappa shape index (κ1) is 28.1. The van der Waals surface area contributed by atoms with E-state index in [0.29, 0.717) is 24.9 Å². The molecule has 1 aromatic rings. The zero-order chi connectivity index (χ0) is 27.0. The molecule has 3 aliphatic rings. The second-order valence-electron chi connectivity index (χ2n) is 11.2. The first-order valence-electron chi connectivity index (χ1n) is 13.0. The van der Waals surface area contributed by atoms with E-state index in [1.54, 1.807) is 12.1 Å². The zero-order valence-corrected chi connectivity index (χ0v) is 21.8. The van der Waals surface area contributed by atoms with Crippen LogP contribution in [0.5, 0.6) is 0 Å². The number of aliphatic hydroxyl groups is 2. The molecule has 206 valence electrons. The van der Waals surface area contributed by atoms with Crippen molar-refractivity contribution in [2.45, 2.75) is 89.3 Å². The van der Waals surface area contributed by atoms with E-state index < -0.39 is 28.3 Å². The van der Waals surface area contributed by atoms with E-state index in [0.717, 1.165) is 44.1 Å². The molecule has 0 saturated heterocycles. The van der Waals surface area contributed by atoms with Crippen molar-refractivity contribution in [3.63, 3.8) is 0 Å². The monoisotopic (exact) mass is 543 g/mol. The third-order valence-electron chi connectivity index (χ3n) is 9.15. The summed E-state index contributed by atoms with van der Waals surface area (Å²) >= 11 is 0. The quantitative estimate of drug-likeness (QED) is 0.173. The number of halogens is 3. The van der Waals surface area contributed by atoms with Crippen LogP contribution < -0.4 is 4.72 Å². The van der Waals surface area contributed by atoms with Gasteiger partial charge < -0.3 is 10.2 Å². The predicted molar refractivity (Wildman–Crippen MR) is 135 cm³/mol. The molecule has 0 radical (unpaired) electrons. The smallest absolute Gasteiger partial charge is 0.357 e. The van der Waals surface area contributed by atoms with Crippen LogP contribution in [-0.4, -0.2) is 35.4 Å². The van der Waals surface area contributed by atoms with Gasteiger partial charge in [0, 0.05) is 0 Å². The number of hydrogen-bond donors (Lipinski definition) is 4. The highest BCUT2D eigenvalue weighted by Crippen LogP contribution is 2.67. The first-order valence-corrected chi connectivity index (χ1v) is 14.4. The van der Waals surface area contributed by atoms with Gasteiger partial charge in [0.05, 0.1) is 11.8 Å². The average Bonchev–Trinajstić information content (AvgIpc) is 3.14. The number of unbranched alkanes of at least 4 members (excludes halogenated alkanes) is 2. The van der Waals surface area contributed by atoms with Gasteiger partial charge in [0.25, 0.3) is 0 Å². The number of hydrogen-bond acceptors (Lipinski definition) is 4. The van der Waals surface area contributed by atoms with Crippen LogP contribution in [0.15, 0.2) is 42.3 Å². The first-order chi connectivity index (χ1) is 17.4. The third kappa shape index (κ3) is 5.62. The van der Waals surface area contributed by atoms with Gasteiger partial charge in [-0.25, -0.2) is 4.39 Å². The molecule has 0 heterocycles. The van der Waals surface area contributed by atoms with Crippen molar-refractivity contribution < 1.29 is 36.4 Å². The Bertz CT molecular complexity index is 1170. The highest BCUT2D eigenvalue weighted by atomic mass is 32.2. The molecular weight excluding hydrogens is 507 g/mol. The van der Waals surface area contributed by atoms with Crippen LogP contribution in [0, 0.1) is 16.7 Å². The number of anilines is 1. The van der Waals surface area contributed by atoms with E-state index in [1.807, 2.05) is 6.07 Å². The van der Waals surface area contributed by atoms with E-state index in [4.69, 9.17) is 4.55 Å². The highest BCUT2D eigenvalue weighted by Gasteiger charge is 2.60. The summed E-state index contributed by atoms with van der Waals surface area (Å²) in [5.41, 5.74) is 2.17. The van der Waals surface area contributed by atoms with Gasteiger partial charge in [-0.15, -0.1) is 0 Å². The third-order valence-corrected chi connectivity index (χ3v) is 9.64. The van der Waals surface area contributed by atoms with Gasteiger partial charge in [0.2, 0.25) is 0 Å². The fourth-order valence-corrected chi connectivity index (χ4v) is 7.82. The van der Waals surface area contributed by atoms with Gasteiger partial charge in [-0.1, -0.05) is 31.6 Å². The predicted octanol–water partition coefficient (Wildman–Crippen LogP) is 6.04. The molecule has 0 aromatic heterocycles. The highest BCUT2D eigenvalue weighted by molar-refractivity contribution is 7.87. The summed E-state index contributed by atoms with van der Waals surface area (Å²) in [5, 5.41) is 20.4. The van der Waals surface area contributed by atoms with Crippen molar-refractivity contribution >= 4 is 16.0 Å². The van der Waals surface area contributed by atoms with Crippen LogP contribution in [0.2, 0.25) is 0 Å². The Balaban J connectivity index is 1.54. The fourth-order valence-electron chi connectivity index (χ4n) is 7.40. The maximum atomic E-state index is 13.1. The summed E-state index contributed by atoms with van der Waals surface area (Å²) in [6.45, 7) is 2.18. The lowest BCUT2D eigenvalue weighted by molar-refractivity contribution is -0.0530. The molecular formula is C27H36F3NO5S. The van der Waals surface area contributed by atoms with Crippen LogP contribution >= 0.6 is 0 Å². The van der Waals surface area contributed by atoms with E-state index in [-0.39, 0.29) is 35.2 Å². The Labute approximate surface area is 216 Å². The van der Waals surface area contributed by atoms with Gasteiger partial charge in [-0.3, -0.25) is 9.27 Å². The van der Waals surface area contributed by atoms with E-state index in [2.05, 4.69) is 23.8 Å². The van der Waals surface area contributed by atoms with Crippen molar-refractivity contribution in [1.29, 1.82) is 0 Å². The number of allylic oxidation sites excluding steroid dienone is 2. The molecule has 4 unspecified atom stereocenters. The number of rotatable bonds is 9. The largest absolute Gasteiger partial charge is 0.393 e. The van der Waals surface area contributed by atoms with Gasteiger partial charge in [-0.05, 0) is 104 Å². The van der Waals surface area contributed by atoms with Crippen molar-refractivity contribution in [3.8, 4) is 0 Å². The van der Waals surface area contributed by atoms with Crippen molar-refractivity contribution in [3.05, 3.63) is 53.4 Å². The maximum absolute atomic E-state index is 13.1. The molecule has 37 heavy (non-hydrogen) atoms. The molecule has 0 aliphatic heterocycles. The Morgan fingerprint density at radius 1 is 1.19 bits per heavy atom. The lowest BCUT2D eigenvalue weighted by Crippen LogP contribution is -2.50.